The van der Waals surface area contributed by atoms with Gasteiger partial charge in [0.05, 0.1) is 18.5 Å². The van der Waals surface area contributed by atoms with E-state index in [1.54, 1.807) is 6.26 Å². The fraction of sp³-hybridized carbons (Fsp3) is 0.529. The molecular formula is C17H25N5OS. The molecule has 1 aliphatic rings. The first-order valence-electron chi connectivity index (χ1n) is 8.46. The van der Waals surface area contributed by atoms with Crippen molar-refractivity contribution < 1.29 is 4.42 Å². The van der Waals surface area contributed by atoms with Crippen molar-refractivity contribution in [2.24, 2.45) is 0 Å². The van der Waals surface area contributed by atoms with E-state index in [9.17, 15) is 0 Å². The van der Waals surface area contributed by atoms with Crippen LogP contribution in [0, 0.1) is 6.92 Å². The molecule has 3 rings (SSSR count). The fourth-order valence-corrected chi connectivity index (χ4v) is 3.17. The van der Waals surface area contributed by atoms with Gasteiger partial charge in [-0.1, -0.05) is 0 Å². The number of nitrogens with zero attached hydrogens (tertiary/aromatic N) is 4. The second kappa shape index (κ2) is 7.81. The van der Waals surface area contributed by atoms with Crippen molar-refractivity contribution in [2.45, 2.75) is 33.5 Å². The molecule has 0 bridgehead atoms. The Hall–Kier alpha value is -1.86. The van der Waals surface area contributed by atoms with Crippen LogP contribution in [0.1, 0.15) is 23.9 Å². The number of hydrogen-bond acceptors (Lipinski definition) is 4. The quantitative estimate of drug-likeness (QED) is 0.835. The number of thiocarbonyl (C=S) groups is 1. The summed E-state index contributed by atoms with van der Waals surface area (Å²) in [5.41, 5.74) is 2.46. The van der Waals surface area contributed by atoms with Gasteiger partial charge in [0, 0.05) is 51.0 Å². The Morgan fingerprint density at radius 2 is 2.12 bits per heavy atom. The first kappa shape index (κ1) is 17.0. The van der Waals surface area contributed by atoms with Crippen molar-refractivity contribution >= 4 is 17.3 Å². The second-order valence-electron chi connectivity index (χ2n) is 6.10. The van der Waals surface area contributed by atoms with E-state index in [4.69, 9.17) is 16.6 Å². The molecule has 1 saturated heterocycles. The molecule has 2 aromatic rings. The molecule has 130 valence electrons. The maximum Gasteiger partial charge on any atom is 0.169 e. The molecule has 3 heterocycles. The van der Waals surface area contributed by atoms with E-state index < -0.39 is 0 Å². The van der Waals surface area contributed by atoms with Gasteiger partial charge in [0.15, 0.2) is 5.11 Å². The molecule has 0 spiro atoms. The van der Waals surface area contributed by atoms with Crippen molar-refractivity contribution in [1.82, 2.24) is 24.9 Å². The van der Waals surface area contributed by atoms with E-state index in [2.05, 4.69) is 40.3 Å². The molecule has 2 aromatic heterocycles. The van der Waals surface area contributed by atoms with Crippen molar-refractivity contribution in [3.63, 3.8) is 0 Å². The van der Waals surface area contributed by atoms with Crippen molar-refractivity contribution in [2.75, 3.05) is 26.2 Å². The highest BCUT2D eigenvalue weighted by Crippen LogP contribution is 2.12. The van der Waals surface area contributed by atoms with Crippen molar-refractivity contribution in [3.05, 3.63) is 41.6 Å². The summed E-state index contributed by atoms with van der Waals surface area (Å²) in [4.78, 5) is 4.70. The lowest BCUT2D eigenvalue weighted by molar-refractivity contribution is 0.174. The normalized spacial score (nSPS) is 15.7. The highest BCUT2D eigenvalue weighted by Gasteiger charge is 2.20. The van der Waals surface area contributed by atoms with Gasteiger partial charge in [0.25, 0.3) is 0 Å². The minimum absolute atomic E-state index is 0.640. The van der Waals surface area contributed by atoms with E-state index in [1.165, 1.54) is 5.56 Å². The minimum Gasteiger partial charge on any atom is -0.467 e. The Morgan fingerprint density at radius 3 is 2.75 bits per heavy atom. The first-order chi connectivity index (χ1) is 11.7. The summed E-state index contributed by atoms with van der Waals surface area (Å²) in [5.74, 6) is 0.902. The monoisotopic (exact) mass is 347 g/mol. The molecule has 1 aliphatic heterocycles. The lowest BCUT2D eigenvalue weighted by Gasteiger charge is -2.36. The SMILES string of the molecule is CCn1cc(CN2CCN(C(=S)NCc3ccco3)CC2)c(C)n1. The van der Waals surface area contributed by atoms with Crippen LogP contribution in [0.5, 0.6) is 0 Å². The standard InChI is InChI=1S/C17H25N5OS/c1-3-22-13-15(14(2)19-22)12-20-6-8-21(9-7-20)17(24)18-11-16-5-4-10-23-16/h4-5,10,13H,3,6-9,11-12H2,1-2H3,(H,18,24). The van der Waals surface area contributed by atoms with Crippen LogP contribution in [0.4, 0.5) is 0 Å². The number of hydrogen-bond donors (Lipinski definition) is 1. The Kier molecular flexibility index (Phi) is 5.52. The summed E-state index contributed by atoms with van der Waals surface area (Å²) in [6, 6.07) is 3.84. The minimum atomic E-state index is 0.640. The Labute approximate surface area is 148 Å². The van der Waals surface area contributed by atoms with Crippen LogP contribution in [0.2, 0.25) is 0 Å². The number of furan rings is 1. The Morgan fingerprint density at radius 1 is 1.33 bits per heavy atom. The number of aromatic nitrogens is 2. The lowest BCUT2D eigenvalue weighted by atomic mass is 10.2. The average molecular weight is 347 g/mol. The highest BCUT2D eigenvalue weighted by molar-refractivity contribution is 7.80. The summed E-state index contributed by atoms with van der Waals surface area (Å²) in [5, 5.41) is 8.60. The van der Waals surface area contributed by atoms with E-state index >= 15 is 0 Å². The predicted molar refractivity (Wildman–Crippen MR) is 97.6 cm³/mol. The van der Waals surface area contributed by atoms with E-state index in [0.29, 0.717) is 6.54 Å². The zero-order valence-corrected chi connectivity index (χ0v) is 15.2. The van der Waals surface area contributed by atoms with Crippen molar-refractivity contribution in [1.29, 1.82) is 0 Å². The molecule has 1 fully saturated rings. The lowest BCUT2D eigenvalue weighted by Crippen LogP contribution is -2.51. The topological polar surface area (TPSA) is 49.5 Å². The molecule has 6 nitrogen and oxygen atoms in total. The highest BCUT2D eigenvalue weighted by atomic mass is 32.1. The van der Waals surface area contributed by atoms with Gasteiger partial charge in [-0.05, 0) is 38.2 Å². The number of piperazine rings is 1. The molecule has 0 radical (unpaired) electrons. The van der Waals surface area contributed by atoms with Gasteiger partial charge in [0.1, 0.15) is 5.76 Å². The van der Waals surface area contributed by atoms with Crippen LogP contribution < -0.4 is 5.32 Å². The fourth-order valence-electron chi connectivity index (χ4n) is 2.91. The molecule has 24 heavy (non-hydrogen) atoms. The predicted octanol–water partition coefficient (Wildman–Crippen LogP) is 2.00. The molecule has 0 aromatic carbocycles. The molecular weight excluding hydrogens is 322 g/mol. The zero-order chi connectivity index (χ0) is 16.9. The number of rotatable bonds is 5. The third kappa shape index (κ3) is 4.15. The summed E-state index contributed by atoms with van der Waals surface area (Å²) in [6.45, 7) is 10.7. The van der Waals surface area contributed by atoms with Crippen LogP contribution >= 0.6 is 12.2 Å². The Bertz CT molecular complexity index is 659. The van der Waals surface area contributed by atoms with Crippen LogP contribution in [-0.2, 0) is 19.6 Å². The maximum atomic E-state index is 5.50. The second-order valence-corrected chi connectivity index (χ2v) is 6.48. The van der Waals surface area contributed by atoms with Gasteiger partial charge in [-0.3, -0.25) is 9.58 Å². The van der Waals surface area contributed by atoms with Crippen LogP contribution in [0.15, 0.2) is 29.0 Å². The van der Waals surface area contributed by atoms with Gasteiger partial charge >= 0.3 is 0 Å². The number of nitrogens with one attached hydrogen (secondary N) is 1. The largest absolute Gasteiger partial charge is 0.467 e. The first-order valence-corrected chi connectivity index (χ1v) is 8.87. The van der Waals surface area contributed by atoms with Gasteiger partial charge < -0.3 is 14.6 Å². The molecule has 0 amide bonds. The van der Waals surface area contributed by atoms with Crippen LogP contribution in [0.25, 0.3) is 0 Å². The summed E-state index contributed by atoms with van der Waals surface area (Å²) < 4.78 is 7.33. The third-order valence-corrected chi connectivity index (χ3v) is 4.82. The van der Waals surface area contributed by atoms with Crippen LogP contribution in [-0.4, -0.2) is 50.9 Å². The smallest absolute Gasteiger partial charge is 0.169 e. The number of aryl methyl sites for hydroxylation is 2. The van der Waals surface area contributed by atoms with Crippen molar-refractivity contribution in [3.8, 4) is 0 Å². The molecule has 0 unspecified atom stereocenters. The average Bonchev–Trinajstić information content (AvgIpc) is 3.23. The molecule has 0 saturated carbocycles. The third-order valence-electron chi connectivity index (χ3n) is 4.42. The van der Waals surface area contributed by atoms with Gasteiger partial charge in [-0.2, -0.15) is 5.10 Å². The summed E-state index contributed by atoms with van der Waals surface area (Å²) >= 11 is 5.50. The van der Waals surface area contributed by atoms with Gasteiger partial charge in [0.2, 0.25) is 0 Å². The summed E-state index contributed by atoms with van der Waals surface area (Å²) in [7, 11) is 0. The van der Waals surface area contributed by atoms with E-state index in [0.717, 1.165) is 55.8 Å². The van der Waals surface area contributed by atoms with Gasteiger partial charge in [-0.15, -0.1) is 0 Å². The van der Waals surface area contributed by atoms with E-state index in [-0.39, 0.29) is 0 Å². The van der Waals surface area contributed by atoms with Crippen LogP contribution in [0.3, 0.4) is 0 Å². The van der Waals surface area contributed by atoms with E-state index in [1.807, 2.05) is 16.8 Å². The Balaban J connectivity index is 1.44. The summed E-state index contributed by atoms with van der Waals surface area (Å²) in [6.07, 6.45) is 3.85. The molecule has 0 aliphatic carbocycles. The van der Waals surface area contributed by atoms with Gasteiger partial charge in [-0.25, -0.2) is 0 Å². The molecule has 0 atom stereocenters. The zero-order valence-electron chi connectivity index (χ0n) is 14.4. The molecule has 7 heteroatoms. The molecule has 1 N–H and O–H groups in total. The maximum absolute atomic E-state index is 5.50.